The lowest BCUT2D eigenvalue weighted by Gasteiger charge is -2.13. The molecule has 0 radical (unpaired) electrons. The van der Waals surface area contributed by atoms with E-state index in [2.05, 4.69) is 12.2 Å². The van der Waals surface area contributed by atoms with Crippen LogP contribution in [0.5, 0.6) is 17.2 Å². The Hall–Kier alpha value is -3.48. The topological polar surface area (TPSA) is 87.0 Å². The summed E-state index contributed by atoms with van der Waals surface area (Å²) in [5.41, 5.74) is 1.32. The lowest BCUT2D eigenvalue weighted by atomic mass is 10.0. The molecule has 0 fully saturated rings. The minimum atomic E-state index is -0.577. The number of aryl methyl sites for hydroxylation is 1. The van der Waals surface area contributed by atoms with E-state index in [1.54, 1.807) is 43.3 Å². The summed E-state index contributed by atoms with van der Waals surface area (Å²) < 4.78 is 21.7. The molecule has 0 aliphatic carbocycles. The summed E-state index contributed by atoms with van der Waals surface area (Å²) in [5.74, 6) is 1.25. The van der Waals surface area contributed by atoms with Crippen molar-refractivity contribution in [3.63, 3.8) is 0 Å². The second-order valence-electron chi connectivity index (χ2n) is 7.12. The molecule has 0 atom stereocenters. The van der Waals surface area contributed by atoms with Crippen LogP contribution in [0, 0.1) is 6.92 Å². The lowest BCUT2D eigenvalue weighted by Crippen LogP contribution is -2.20. The molecule has 7 heteroatoms. The predicted molar refractivity (Wildman–Crippen MR) is 120 cm³/mol. The highest BCUT2D eigenvalue weighted by molar-refractivity contribution is 5.94. The minimum absolute atomic E-state index is 0.104. The molecule has 1 aromatic heterocycles. The van der Waals surface area contributed by atoms with Crippen LogP contribution in [0.1, 0.15) is 30.9 Å². The van der Waals surface area contributed by atoms with Crippen LogP contribution in [-0.2, 0) is 11.2 Å². The molecule has 1 amide bonds. The Kier molecular flexibility index (Phi) is 7.18. The van der Waals surface area contributed by atoms with E-state index < -0.39 is 5.63 Å². The van der Waals surface area contributed by atoms with E-state index in [-0.39, 0.29) is 12.3 Å². The number of carbonyl (C=O) groups is 1. The quantitative estimate of drug-likeness (QED) is 0.402. The second kappa shape index (κ2) is 10.0. The van der Waals surface area contributed by atoms with Crippen LogP contribution < -0.4 is 25.2 Å². The number of fused-ring (bicyclic) bond motifs is 1. The Morgan fingerprint density at radius 3 is 2.45 bits per heavy atom. The van der Waals surface area contributed by atoms with Crippen LogP contribution in [0.25, 0.3) is 11.0 Å². The van der Waals surface area contributed by atoms with Crippen molar-refractivity contribution >= 4 is 22.6 Å². The molecule has 31 heavy (non-hydrogen) atoms. The van der Waals surface area contributed by atoms with Gasteiger partial charge in [0.05, 0.1) is 32.8 Å². The molecule has 0 spiro atoms. The zero-order chi connectivity index (χ0) is 22.4. The maximum Gasteiger partial charge on any atom is 0.340 e. The third-order valence-electron chi connectivity index (χ3n) is 5.04. The van der Waals surface area contributed by atoms with Crippen LogP contribution in [0.2, 0.25) is 0 Å². The summed E-state index contributed by atoms with van der Waals surface area (Å²) in [4.78, 5) is 25.2. The van der Waals surface area contributed by atoms with E-state index in [9.17, 15) is 9.59 Å². The van der Waals surface area contributed by atoms with Gasteiger partial charge in [-0.1, -0.05) is 13.3 Å². The van der Waals surface area contributed by atoms with Gasteiger partial charge in [-0.2, -0.15) is 0 Å². The summed E-state index contributed by atoms with van der Waals surface area (Å²) in [6, 6.07) is 10.7. The minimum Gasteiger partial charge on any atom is -0.494 e. The van der Waals surface area contributed by atoms with Crippen molar-refractivity contribution in [2.24, 2.45) is 0 Å². The van der Waals surface area contributed by atoms with Gasteiger partial charge in [-0.15, -0.1) is 0 Å². The van der Waals surface area contributed by atoms with Crippen molar-refractivity contribution in [3.8, 4) is 17.2 Å². The number of carbonyl (C=O) groups excluding carboxylic acids is 1. The molecule has 2 aromatic carbocycles. The van der Waals surface area contributed by atoms with Crippen molar-refractivity contribution < 1.29 is 23.4 Å². The first kappa shape index (κ1) is 22.2. The van der Waals surface area contributed by atoms with Gasteiger partial charge in [-0.25, -0.2) is 4.79 Å². The maximum absolute atomic E-state index is 12.6. The van der Waals surface area contributed by atoms with Crippen molar-refractivity contribution in [2.45, 2.75) is 33.1 Å². The first-order chi connectivity index (χ1) is 15.0. The summed E-state index contributed by atoms with van der Waals surface area (Å²) in [6.45, 7) is 4.55. The molecule has 1 N–H and O–H groups in total. The van der Waals surface area contributed by atoms with E-state index in [0.717, 1.165) is 18.6 Å². The fourth-order valence-electron chi connectivity index (χ4n) is 3.30. The number of benzene rings is 2. The van der Waals surface area contributed by atoms with Crippen LogP contribution in [-0.4, -0.2) is 26.7 Å². The summed E-state index contributed by atoms with van der Waals surface area (Å²) >= 11 is 0. The highest BCUT2D eigenvalue weighted by Crippen LogP contribution is 2.36. The van der Waals surface area contributed by atoms with Gasteiger partial charge in [0, 0.05) is 11.1 Å². The van der Waals surface area contributed by atoms with Crippen LogP contribution in [0.15, 0.2) is 45.6 Å². The Morgan fingerprint density at radius 2 is 1.81 bits per heavy atom. The van der Waals surface area contributed by atoms with E-state index in [1.165, 1.54) is 14.2 Å². The van der Waals surface area contributed by atoms with Gasteiger partial charge >= 0.3 is 5.63 Å². The number of anilines is 1. The fraction of sp³-hybridized carbons (Fsp3) is 0.333. The zero-order valence-corrected chi connectivity index (χ0v) is 18.2. The standard InChI is InChI=1S/C24H27NO6/c1-5-6-13-30-17-9-7-16(8-10-17)25-21(26)14-19-15(2)18-11-12-20(28-3)23(29-4)22(18)31-24(19)27/h7-12H,5-6,13-14H2,1-4H3,(H,25,26). The average Bonchev–Trinajstić information content (AvgIpc) is 2.77. The molecule has 3 aromatic rings. The fourth-order valence-corrected chi connectivity index (χ4v) is 3.30. The highest BCUT2D eigenvalue weighted by atomic mass is 16.5. The maximum atomic E-state index is 12.6. The molecule has 0 aliphatic heterocycles. The van der Waals surface area contributed by atoms with Gasteiger partial charge in [0.2, 0.25) is 11.7 Å². The van der Waals surface area contributed by atoms with Gasteiger partial charge in [0.15, 0.2) is 11.3 Å². The Labute approximate surface area is 180 Å². The van der Waals surface area contributed by atoms with E-state index >= 15 is 0 Å². The molecule has 0 unspecified atom stereocenters. The van der Waals surface area contributed by atoms with Gasteiger partial charge in [-0.3, -0.25) is 4.79 Å². The molecule has 0 aliphatic rings. The van der Waals surface area contributed by atoms with Gasteiger partial charge < -0.3 is 23.9 Å². The molecular weight excluding hydrogens is 398 g/mol. The van der Waals surface area contributed by atoms with E-state index in [4.69, 9.17) is 18.6 Å². The molecular formula is C24H27NO6. The first-order valence-corrected chi connectivity index (χ1v) is 10.2. The predicted octanol–water partition coefficient (Wildman–Crippen LogP) is 4.48. The average molecular weight is 425 g/mol. The number of amides is 1. The van der Waals surface area contributed by atoms with Crippen molar-refractivity contribution in [1.82, 2.24) is 0 Å². The molecule has 0 saturated heterocycles. The van der Waals surface area contributed by atoms with Crippen LogP contribution in [0.4, 0.5) is 5.69 Å². The van der Waals surface area contributed by atoms with Crippen LogP contribution >= 0.6 is 0 Å². The number of ether oxygens (including phenoxy) is 3. The molecule has 164 valence electrons. The van der Waals surface area contributed by atoms with Gasteiger partial charge in [0.1, 0.15) is 5.75 Å². The van der Waals surface area contributed by atoms with Crippen molar-refractivity contribution in [1.29, 1.82) is 0 Å². The zero-order valence-electron chi connectivity index (χ0n) is 18.2. The Morgan fingerprint density at radius 1 is 1.06 bits per heavy atom. The highest BCUT2D eigenvalue weighted by Gasteiger charge is 2.19. The summed E-state index contributed by atoms with van der Waals surface area (Å²) in [7, 11) is 2.99. The lowest BCUT2D eigenvalue weighted by molar-refractivity contribution is -0.115. The smallest absolute Gasteiger partial charge is 0.340 e. The number of unbranched alkanes of at least 4 members (excludes halogenated alkanes) is 1. The second-order valence-corrected chi connectivity index (χ2v) is 7.12. The van der Waals surface area contributed by atoms with Crippen molar-refractivity contribution in [3.05, 3.63) is 57.9 Å². The molecule has 3 rings (SSSR count). The third kappa shape index (κ3) is 4.99. The third-order valence-corrected chi connectivity index (χ3v) is 5.04. The van der Waals surface area contributed by atoms with Gasteiger partial charge in [-0.05, 0) is 55.3 Å². The number of hydrogen-bond donors (Lipinski definition) is 1. The number of nitrogens with one attached hydrogen (secondary N) is 1. The van der Waals surface area contributed by atoms with Gasteiger partial charge in [0.25, 0.3) is 0 Å². The number of rotatable bonds is 9. The van der Waals surface area contributed by atoms with E-state index in [0.29, 0.717) is 45.9 Å². The SMILES string of the molecule is CCCCOc1ccc(NC(=O)Cc2c(C)c3ccc(OC)c(OC)c3oc2=O)cc1. The number of hydrogen-bond acceptors (Lipinski definition) is 6. The molecule has 7 nitrogen and oxygen atoms in total. The van der Waals surface area contributed by atoms with E-state index in [1.807, 2.05) is 0 Å². The molecule has 0 saturated carbocycles. The first-order valence-electron chi connectivity index (χ1n) is 10.2. The molecule has 1 heterocycles. The summed E-state index contributed by atoms with van der Waals surface area (Å²) in [6.07, 6.45) is 1.95. The largest absolute Gasteiger partial charge is 0.494 e. The van der Waals surface area contributed by atoms with Crippen molar-refractivity contribution in [2.75, 3.05) is 26.1 Å². The summed E-state index contributed by atoms with van der Waals surface area (Å²) in [5, 5.41) is 3.50. The Balaban J connectivity index is 1.78. The van der Waals surface area contributed by atoms with Crippen LogP contribution in [0.3, 0.4) is 0 Å². The Bertz CT molecular complexity index is 1120. The monoisotopic (exact) mass is 425 g/mol. The number of methoxy groups -OCH3 is 2. The molecule has 0 bridgehead atoms. The normalized spacial score (nSPS) is 10.7.